The van der Waals surface area contributed by atoms with Crippen LogP contribution in [0.25, 0.3) is 0 Å². The molecule has 0 aromatic rings. The Balaban J connectivity index is 1.95. The minimum atomic E-state index is -0.0450. The van der Waals surface area contributed by atoms with Crippen molar-refractivity contribution in [3.05, 3.63) is 0 Å². The van der Waals surface area contributed by atoms with Crippen molar-refractivity contribution in [3.63, 3.8) is 0 Å². The third-order valence-corrected chi connectivity index (χ3v) is 5.01. The highest BCUT2D eigenvalue weighted by atomic mass is 16.1. The molecular weight excluding hydrogens is 224 g/mol. The molecule has 2 rings (SSSR count). The van der Waals surface area contributed by atoms with E-state index in [1.54, 1.807) is 0 Å². The van der Waals surface area contributed by atoms with Crippen molar-refractivity contribution in [3.8, 4) is 0 Å². The molecule has 0 aromatic carbocycles. The van der Waals surface area contributed by atoms with Crippen molar-refractivity contribution in [2.45, 2.75) is 45.6 Å². The van der Waals surface area contributed by atoms with Gasteiger partial charge in [-0.3, -0.25) is 4.90 Å². The molecule has 0 amide bonds. The second-order valence-corrected chi connectivity index (χ2v) is 6.74. The van der Waals surface area contributed by atoms with Crippen LogP contribution in [0.1, 0.15) is 39.5 Å². The monoisotopic (exact) mass is 252 g/mol. The van der Waals surface area contributed by atoms with Crippen LogP contribution in [0.15, 0.2) is 0 Å². The maximum absolute atomic E-state index is 11.6. The Morgan fingerprint density at radius 2 is 1.89 bits per heavy atom. The van der Waals surface area contributed by atoms with Gasteiger partial charge in [0.1, 0.15) is 6.29 Å². The average molecular weight is 252 g/mol. The van der Waals surface area contributed by atoms with Gasteiger partial charge in [0, 0.05) is 37.6 Å². The SMILES string of the molecule is CC1CCC(C=O)(CN2CCN(C)CC2C)CC1. The zero-order chi connectivity index (χ0) is 13.2. The predicted molar refractivity (Wildman–Crippen MR) is 74.7 cm³/mol. The first-order valence-electron chi connectivity index (χ1n) is 7.43. The first kappa shape index (κ1) is 14.0. The molecule has 1 aliphatic carbocycles. The molecule has 0 aromatic heterocycles. The van der Waals surface area contributed by atoms with Gasteiger partial charge in [-0.25, -0.2) is 0 Å². The molecule has 0 N–H and O–H groups in total. The number of hydrogen-bond acceptors (Lipinski definition) is 3. The van der Waals surface area contributed by atoms with E-state index in [9.17, 15) is 4.79 Å². The van der Waals surface area contributed by atoms with E-state index in [1.807, 2.05) is 0 Å². The maximum Gasteiger partial charge on any atom is 0.127 e. The van der Waals surface area contributed by atoms with Crippen molar-refractivity contribution < 1.29 is 4.79 Å². The molecule has 1 saturated carbocycles. The highest BCUT2D eigenvalue weighted by molar-refractivity contribution is 5.60. The number of hydrogen-bond donors (Lipinski definition) is 0. The van der Waals surface area contributed by atoms with Gasteiger partial charge >= 0.3 is 0 Å². The molecule has 2 aliphatic rings. The Kier molecular flexibility index (Phi) is 4.44. The fourth-order valence-corrected chi connectivity index (χ4v) is 3.47. The van der Waals surface area contributed by atoms with Crippen LogP contribution in [0.4, 0.5) is 0 Å². The fraction of sp³-hybridized carbons (Fsp3) is 0.933. The standard InChI is InChI=1S/C15H28N2O/c1-13-4-6-15(12-18,7-5-13)11-17-9-8-16(3)10-14(17)2/h12-14H,4-11H2,1-3H3. The number of nitrogens with zero attached hydrogens (tertiary/aromatic N) is 2. The Bertz CT molecular complexity index is 284. The van der Waals surface area contributed by atoms with E-state index in [-0.39, 0.29) is 5.41 Å². The summed E-state index contributed by atoms with van der Waals surface area (Å²) in [5.74, 6) is 0.808. The summed E-state index contributed by atoms with van der Waals surface area (Å²) in [6.45, 7) is 8.97. The number of aldehydes is 1. The zero-order valence-electron chi connectivity index (χ0n) is 12.2. The number of piperazine rings is 1. The number of rotatable bonds is 3. The molecule has 0 spiro atoms. The minimum absolute atomic E-state index is 0.0450. The van der Waals surface area contributed by atoms with E-state index in [1.165, 1.54) is 19.1 Å². The topological polar surface area (TPSA) is 23.6 Å². The summed E-state index contributed by atoms with van der Waals surface area (Å²) >= 11 is 0. The highest BCUT2D eigenvalue weighted by Gasteiger charge is 2.37. The normalized spacial score (nSPS) is 39.7. The van der Waals surface area contributed by atoms with Crippen LogP contribution in [-0.2, 0) is 4.79 Å². The van der Waals surface area contributed by atoms with E-state index in [0.717, 1.165) is 44.9 Å². The summed E-state index contributed by atoms with van der Waals surface area (Å²) in [5, 5.41) is 0. The quantitative estimate of drug-likeness (QED) is 0.718. The highest BCUT2D eigenvalue weighted by Crippen LogP contribution is 2.38. The van der Waals surface area contributed by atoms with Crippen LogP contribution in [0.2, 0.25) is 0 Å². The average Bonchev–Trinajstić information content (AvgIpc) is 2.36. The first-order valence-corrected chi connectivity index (χ1v) is 7.43. The lowest BCUT2D eigenvalue weighted by atomic mass is 9.71. The molecule has 1 unspecified atom stereocenters. The summed E-state index contributed by atoms with van der Waals surface area (Å²) in [6, 6.07) is 0.583. The third kappa shape index (κ3) is 3.12. The van der Waals surface area contributed by atoms with Gasteiger partial charge < -0.3 is 9.69 Å². The zero-order valence-corrected chi connectivity index (χ0v) is 12.2. The van der Waals surface area contributed by atoms with Crippen LogP contribution in [0, 0.1) is 11.3 Å². The van der Waals surface area contributed by atoms with Crippen LogP contribution in [0.3, 0.4) is 0 Å². The molecule has 1 atom stereocenters. The van der Waals surface area contributed by atoms with Gasteiger partial charge in [-0.1, -0.05) is 6.92 Å². The van der Waals surface area contributed by atoms with Crippen LogP contribution in [0.5, 0.6) is 0 Å². The lowest BCUT2D eigenvalue weighted by Gasteiger charge is -2.44. The number of likely N-dealkylation sites (N-methyl/N-ethyl adjacent to an activating group) is 1. The number of carbonyl (C=O) groups excluding carboxylic acids is 1. The van der Waals surface area contributed by atoms with Crippen LogP contribution >= 0.6 is 0 Å². The van der Waals surface area contributed by atoms with Crippen molar-refractivity contribution >= 4 is 6.29 Å². The second-order valence-electron chi connectivity index (χ2n) is 6.74. The second kappa shape index (κ2) is 5.70. The fourth-order valence-electron chi connectivity index (χ4n) is 3.47. The Morgan fingerprint density at radius 3 is 2.44 bits per heavy atom. The number of carbonyl (C=O) groups is 1. The maximum atomic E-state index is 11.6. The smallest absolute Gasteiger partial charge is 0.127 e. The van der Waals surface area contributed by atoms with Gasteiger partial charge in [0.15, 0.2) is 0 Å². The molecular formula is C15H28N2O. The van der Waals surface area contributed by atoms with Gasteiger partial charge in [-0.15, -0.1) is 0 Å². The lowest BCUT2D eigenvalue weighted by molar-refractivity contribution is -0.120. The van der Waals surface area contributed by atoms with Crippen molar-refractivity contribution in [2.75, 3.05) is 33.2 Å². The van der Waals surface area contributed by atoms with Gasteiger partial charge in [-0.05, 0) is 45.6 Å². The van der Waals surface area contributed by atoms with Gasteiger partial charge in [-0.2, -0.15) is 0 Å². The van der Waals surface area contributed by atoms with E-state index in [0.29, 0.717) is 6.04 Å². The third-order valence-electron chi connectivity index (χ3n) is 5.01. The largest absolute Gasteiger partial charge is 0.304 e. The van der Waals surface area contributed by atoms with Gasteiger partial charge in [0.25, 0.3) is 0 Å². The predicted octanol–water partition coefficient (Wildman–Crippen LogP) is 2.02. The van der Waals surface area contributed by atoms with Gasteiger partial charge in [0.05, 0.1) is 0 Å². The summed E-state index contributed by atoms with van der Waals surface area (Å²) in [5.41, 5.74) is -0.0450. The van der Waals surface area contributed by atoms with Crippen molar-refractivity contribution in [1.29, 1.82) is 0 Å². The molecule has 2 fully saturated rings. The molecule has 3 heteroatoms. The van der Waals surface area contributed by atoms with E-state index >= 15 is 0 Å². The van der Waals surface area contributed by atoms with Gasteiger partial charge in [0.2, 0.25) is 0 Å². The molecule has 18 heavy (non-hydrogen) atoms. The summed E-state index contributed by atoms with van der Waals surface area (Å²) in [6.07, 6.45) is 5.90. The van der Waals surface area contributed by atoms with E-state index in [2.05, 4.69) is 30.7 Å². The molecule has 0 bridgehead atoms. The molecule has 1 saturated heterocycles. The molecule has 1 aliphatic heterocycles. The first-order chi connectivity index (χ1) is 8.54. The molecule has 104 valence electrons. The molecule has 1 heterocycles. The lowest BCUT2D eigenvalue weighted by Crippen LogP contribution is -2.54. The van der Waals surface area contributed by atoms with E-state index in [4.69, 9.17) is 0 Å². The van der Waals surface area contributed by atoms with Crippen LogP contribution in [-0.4, -0.2) is 55.4 Å². The van der Waals surface area contributed by atoms with Crippen molar-refractivity contribution in [1.82, 2.24) is 9.80 Å². The Morgan fingerprint density at radius 1 is 1.22 bits per heavy atom. The van der Waals surface area contributed by atoms with Crippen molar-refractivity contribution in [2.24, 2.45) is 11.3 Å². The summed E-state index contributed by atoms with van der Waals surface area (Å²) in [4.78, 5) is 16.5. The summed E-state index contributed by atoms with van der Waals surface area (Å²) < 4.78 is 0. The van der Waals surface area contributed by atoms with E-state index < -0.39 is 0 Å². The molecule has 3 nitrogen and oxygen atoms in total. The minimum Gasteiger partial charge on any atom is -0.304 e. The van der Waals surface area contributed by atoms with Crippen LogP contribution < -0.4 is 0 Å². The Hall–Kier alpha value is -0.410. The summed E-state index contributed by atoms with van der Waals surface area (Å²) in [7, 11) is 2.19. The molecule has 0 radical (unpaired) electrons. The Labute approximate surface area is 112 Å².